The van der Waals surface area contributed by atoms with E-state index in [4.69, 9.17) is 34.0 Å². The molecule has 4 aromatic carbocycles. The van der Waals surface area contributed by atoms with Crippen LogP contribution in [0.15, 0.2) is 84.9 Å². The van der Waals surface area contributed by atoms with Crippen LogP contribution in [0, 0.1) is 11.6 Å². The van der Waals surface area contributed by atoms with E-state index in [0.717, 1.165) is 60.2 Å². The van der Waals surface area contributed by atoms with Gasteiger partial charge in [0.15, 0.2) is 11.6 Å². The van der Waals surface area contributed by atoms with Crippen LogP contribution in [0.2, 0.25) is 10.0 Å². The van der Waals surface area contributed by atoms with Gasteiger partial charge in [-0.25, -0.2) is 13.6 Å². The van der Waals surface area contributed by atoms with Gasteiger partial charge in [0.1, 0.15) is 12.1 Å². The number of hydrogen-bond acceptors (Lipinski definition) is 6. The molecule has 6 N–H and O–H groups in total. The third-order valence-electron chi connectivity index (χ3n) is 9.47. The lowest BCUT2D eigenvalue weighted by Gasteiger charge is -2.23. The Morgan fingerprint density at radius 3 is 2.25 bits per heavy atom. The fraction of sp³-hybridized carbons (Fsp3) is 0.300. The average Bonchev–Trinajstić information content (AvgIpc) is 3.81. The molecule has 0 radical (unpaired) electrons. The minimum absolute atomic E-state index is 0.0902. The number of aromatic nitrogens is 2. The summed E-state index contributed by atoms with van der Waals surface area (Å²) >= 11 is 13.1. The summed E-state index contributed by atoms with van der Waals surface area (Å²) in [7, 11) is 0. The van der Waals surface area contributed by atoms with Gasteiger partial charge in [-0.15, -0.1) is 0 Å². The number of hydrogen-bond donors (Lipinski definition) is 5. The highest BCUT2D eigenvalue weighted by molar-refractivity contribution is 6.36. The number of carbonyl (C=O) groups is 3. The van der Waals surface area contributed by atoms with E-state index in [2.05, 4.69) is 26.2 Å². The summed E-state index contributed by atoms with van der Waals surface area (Å²) in [5.74, 6) is -3.34. The van der Waals surface area contributed by atoms with E-state index in [9.17, 15) is 23.2 Å². The predicted octanol–water partition coefficient (Wildman–Crippen LogP) is 6.15. The fourth-order valence-electron chi connectivity index (χ4n) is 6.60. The van der Waals surface area contributed by atoms with Gasteiger partial charge in [-0.1, -0.05) is 65.7 Å². The second-order valence-corrected chi connectivity index (χ2v) is 14.3. The largest absolute Gasteiger partial charge is 0.350 e. The number of anilines is 1. The molecule has 0 bridgehead atoms. The van der Waals surface area contributed by atoms with Crippen molar-refractivity contribution in [1.29, 1.82) is 0 Å². The van der Waals surface area contributed by atoms with Crippen molar-refractivity contribution in [3.05, 3.63) is 129 Å². The van der Waals surface area contributed by atoms with Crippen molar-refractivity contribution in [2.24, 2.45) is 5.73 Å². The van der Waals surface area contributed by atoms with E-state index >= 15 is 0 Å². The smallest absolute Gasteiger partial charge is 0.319 e. The number of urea groups is 1. The van der Waals surface area contributed by atoms with Crippen LogP contribution < -0.4 is 27.0 Å². The minimum Gasteiger partial charge on any atom is -0.350 e. The van der Waals surface area contributed by atoms with Crippen molar-refractivity contribution in [2.75, 3.05) is 25.0 Å². The number of benzene rings is 4. The number of nitrogens with one attached hydrogen (secondary N) is 4. The van der Waals surface area contributed by atoms with E-state index < -0.39 is 41.6 Å². The van der Waals surface area contributed by atoms with E-state index in [0.29, 0.717) is 27.8 Å². The topological polar surface area (TPSA) is 146 Å². The highest BCUT2D eigenvalue weighted by Gasteiger charge is 2.28. The number of likely N-dealkylation sites (tertiary alicyclic amines) is 1. The first kappa shape index (κ1) is 39.6. The summed E-state index contributed by atoms with van der Waals surface area (Å²) in [4.78, 5) is 42.8. The van der Waals surface area contributed by atoms with Crippen molar-refractivity contribution in [2.45, 2.75) is 57.4 Å². The number of halogens is 4. The number of amides is 4. The lowest BCUT2D eigenvalue weighted by molar-refractivity contribution is -0.130. The van der Waals surface area contributed by atoms with Crippen LogP contribution in [0.5, 0.6) is 0 Å². The molecule has 2 heterocycles. The molecular formula is C40H42Cl2F2N8O3. The Kier molecular flexibility index (Phi) is 13.3. The van der Waals surface area contributed by atoms with Crippen LogP contribution in [0.3, 0.4) is 0 Å². The molecular weight excluding hydrogens is 749 g/mol. The van der Waals surface area contributed by atoms with Crippen molar-refractivity contribution >= 4 is 57.6 Å². The quantitative estimate of drug-likeness (QED) is 0.0861. The van der Waals surface area contributed by atoms with Gasteiger partial charge in [-0.05, 0) is 92.5 Å². The normalized spacial score (nSPS) is 14.1. The molecule has 11 nitrogen and oxygen atoms in total. The molecule has 6 rings (SSSR count). The first-order valence-corrected chi connectivity index (χ1v) is 18.8. The Bertz CT molecular complexity index is 2130. The molecule has 4 amide bonds. The zero-order valence-corrected chi connectivity index (χ0v) is 31.5. The summed E-state index contributed by atoms with van der Waals surface area (Å²) in [6, 6.07) is 20.1. The van der Waals surface area contributed by atoms with Crippen molar-refractivity contribution in [3.63, 3.8) is 0 Å². The second kappa shape index (κ2) is 18.5. The van der Waals surface area contributed by atoms with E-state index in [1.807, 2.05) is 36.4 Å². The number of rotatable bonds is 15. The van der Waals surface area contributed by atoms with Crippen LogP contribution in [0.25, 0.3) is 10.9 Å². The number of nitrogens with zero attached hydrogens (tertiary/aromatic N) is 3. The fourth-order valence-corrected chi connectivity index (χ4v) is 7.11. The molecule has 288 valence electrons. The standard InChI is InChI=1S/C40H42Cl2F2N8O3/c41-30-9-6-10-31(42)29(30)23-52-37-21-27(12-13-28(37)36(50-52)24-51-17-4-5-18-51)47-40(55)49-35(20-26-11-14-32(43)33(44)19-26)39(54)48-34(15-16-45)38(53)46-22-25-7-2-1-3-8-25/h1-3,6-14,19,21,34-35H,4-5,15-18,20,22-24,45H2,(H,46,53)(H,48,54)(H2,47,49,55)/t34?,35-/m0/s1. The van der Waals surface area contributed by atoms with E-state index in [1.165, 1.54) is 6.07 Å². The Morgan fingerprint density at radius 1 is 0.800 bits per heavy atom. The summed E-state index contributed by atoms with van der Waals surface area (Å²) in [6.07, 6.45) is 2.16. The SMILES string of the molecule is NCCC(NC(=O)[C@H](Cc1ccc(F)c(F)c1)NC(=O)Nc1ccc2c(CN3CCCC3)nn(Cc3c(Cl)cccc3Cl)c2c1)C(=O)NCc1ccccc1. The Hall–Kier alpha value is -5.08. The zero-order valence-electron chi connectivity index (χ0n) is 30.0. The van der Waals surface area contributed by atoms with Gasteiger partial charge in [-0.3, -0.25) is 19.2 Å². The van der Waals surface area contributed by atoms with Gasteiger partial charge >= 0.3 is 6.03 Å². The van der Waals surface area contributed by atoms with Gasteiger partial charge in [0, 0.05) is 46.2 Å². The van der Waals surface area contributed by atoms with Crippen molar-refractivity contribution < 1.29 is 23.2 Å². The van der Waals surface area contributed by atoms with Crippen LogP contribution >= 0.6 is 23.2 Å². The van der Waals surface area contributed by atoms with Crippen molar-refractivity contribution in [1.82, 2.24) is 30.6 Å². The molecule has 1 aliphatic heterocycles. The van der Waals surface area contributed by atoms with Crippen molar-refractivity contribution in [3.8, 4) is 0 Å². The number of nitrogens with two attached hydrogens (primary N) is 1. The molecule has 55 heavy (non-hydrogen) atoms. The van der Waals surface area contributed by atoms with Crippen LogP contribution in [-0.4, -0.2) is 64.2 Å². The summed E-state index contributed by atoms with van der Waals surface area (Å²) < 4.78 is 29.8. The number of fused-ring (bicyclic) bond motifs is 1. The molecule has 1 aromatic heterocycles. The lowest BCUT2D eigenvalue weighted by Crippen LogP contribution is -2.55. The maximum Gasteiger partial charge on any atom is 0.319 e. The molecule has 0 aliphatic carbocycles. The van der Waals surface area contributed by atoms with Gasteiger partial charge in [-0.2, -0.15) is 5.10 Å². The molecule has 1 fully saturated rings. The molecule has 1 unspecified atom stereocenters. The van der Waals surface area contributed by atoms with Gasteiger partial charge in [0.2, 0.25) is 11.8 Å². The monoisotopic (exact) mass is 790 g/mol. The van der Waals surface area contributed by atoms with Gasteiger partial charge in [0.25, 0.3) is 0 Å². The Morgan fingerprint density at radius 2 is 1.55 bits per heavy atom. The van der Waals surface area contributed by atoms with Crippen LogP contribution in [0.1, 0.15) is 41.6 Å². The molecule has 2 atom stereocenters. The minimum atomic E-state index is -1.30. The first-order valence-electron chi connectivity index (χ1n) is 18.1. The highest BCUT2D eigenvalue weighted by atomic mass is 35.5. The van der Waals surface area contributed by atoms with E-state index in [-0.39, 0.29) is 38.0 Å². The molecule has 1 aliphatic rings. The van der Waals surface area contributed by atoms with Crippen LogP contribution in [0.4, 0.5) is 19.3 Å². The molecule has 5 aromatic rings. The van der Waals surface area contributed by atoms with E-state index in [1.54, 1.807) is 35.0 Å². The molecule has 15 heteroatoms. The predicted molar refractivity (Wildman–Crippen MR) is 210 cm³/mol. The summed E-state index contributed by atoms with van der Waals surface area (Å²) in [6.45, 7) is 3.22. The lowest BCUT2D eigenvalue weighted by atomic mass is 10.0. The molecule has 1 saturated heterocycles. The zero-order chi connectivity index (χ0) is 38.9. The maximum absolute atomic E-state index is 14.2. The molecule has 0 saturated carbocycles. The van der Waals surface area contributed by atoms with Gasteiger partial charge < -0.3 is 27.0 Å². The van der Waals surface area contributed by atoms with Crippen LogP contribution in [-0.2, 0) is 35.6 Å². The second-order valence-electron chi connectivity index (χ2n) is 13.5. The Labute approximate surface area is 327 Å². The third kappa shape index (κ3) is 10.4. The maximum atomic E-state index is 14.2. The molecule has 0 spiro atoms. The average molecular weight is 792 g/mol. The summed E-state index contributed by atoms with van der Waals surface area (Å²) in [5, 5.41) is 17.8. The highest BCUT2D eigenvalue weighted by Crippen LogP contribution is 2.29. The van der Waals surface area contributed by atoms with Gasteiger partial charge in [0.05, 0.1) is 17.8 Å². The number of carbonyl (C=O) groups excluding carboxylic acids is 3. The first-order chi connectivity index (χ1) is 26.6. The summed E-state index contributed by atoms with van der Waals surface area (Å²) in [5.41, 5.74) is 9.60. The Balaban J connectivity index is 1.22. The third-order valence-corrected chi connectivity index (χ3v) is 10.2.